The lowest BCUT2D eigenvalue weighted by Gasteiger charge is -2.41. The molecule has 2 aliphatic heterocycles. The van der Waals surface area contributed by atoms with Crippen LogP contribution in [0.25, 0.3) is 0 Å². The molecule has 0 radical (unpaired) electrons. The number of hydrogen-bond acceptors (Lipinski definition) is 7. The lowest BCUT2D eigenvalue weighted by Crippen LogP contribution is -2.55. The van der Waals surface area contributed by atoms with Crippen molar-refractivity contribution in [1.82, 2.24) is 19.8 Å². The van der Waals surface area contributed by atoms with Crippen LogP contribution in [0.5, 0.6) is 0 Å². The van der Waals surface area contributed by atoms with Gasteiger partial charge in [0, 0.05) is 50.7 Å². The summed E-state index contributed by atoms with van der Waals surface area (Å²) in [7, 11) is 0. The third kappa shape index (κ3) is 5.62. The molecule has 0 aromatic carbocycles. The number of carbonyl (C=O) groups excluding carboxylic acids is 2. The van der Waals surface area contributed by atoms with E-state index in [1.54, 1.807) is 6.07 Å². The first-order valence-electron chi connectivity index (χ1n) is 11.1. The molecule has 3 aliphatic rings. The summed E-state index contributed by atoms with van der Waals surface area (Å²) in [4.78, 5) is 40.2. The van der Waals surface area contributed by atoms with E-state index < -0.39 is 0 Å². The van der Waals surface area contributed by atoms with Gasteiger partial charge in [0.05, 0.1) is 19.0 Å². The summed E-state index contributed by atoms with van der Waals surface area (Å²) < 4.78 is 5.30. The van der Waals surface area contributed by atoms with Gasteiger partial charge in [0.25, 0.3) is 0 Å². The van der Waals surface area contributed by atoms with Crippen molar-refractivity contribution in [3.8, 4) is 0 Å². The Morgan fingerprint density at radius 2 is 1.90 bits per heavy atom. The Hall–Kier alpha value is -1.58. The molecular weight excluding hydrogens is 438 g/mol. The van der Waals surface area contributed by atoms with Crippen molar-refractivity contribution < 1.29 is 14.3 Å². The number of nitrogens with zero attached hydrogens (tertiary/aromatic N) is 5. The summed E-state index contributed by atoms with van der Waals surface area (Å²) in [5, 5.41) is 0.865. The monoisotopic (exact) mass is 467 g/mol. The van der Waals surface area contributed by atoms with Crippen LogP contribution in [0.3, 0.4) is 0 Å². The van der Waals surface area contributed by atoms with Crippen LogP contribution in [0.1, 0.15) is 32.6 Å². The zero-order valence-corrected chi connectivity index (χ0v) is 19.5. The minimum absolute atomic E-state index is 0.0612. The number of piperazine rings is 1. The minimum Gasteiger partial charge on any atom is -0.378 e. The van der Waals surface area contributed by atoms with Crippen LogP contribution in [0.2, 0.25) is 5.15 Å². The third-order valence-corrected chi connectivity index (χ3v) is 7.31. The van der Waals surface area contributed by atoms with Gasteiger partial charge in [-0.05, 0) is 19.8 Å². The Bertz CT molecular complexity index is 801. The van der Waals surface area contributed by atoms with E-state index in [0.717, 1.165) is 18.7 Å². The Morgan fingerprint density at radius 3 is 2.61 bits per heavy atom. The van der Waals surface area contributed by atoms with Crippen LogP contribution in [-0.2, 0) is 14.3 Å². The topological polar surface area (TPSA) is 78.9 Å². The Kier molecular flexibility index (Phi) is 7.55. The third-order valence-electron chi connectivity index (χ3n) is 6.29. The maximum Gasteiger partial charge on any atom is 0.233 e. The highest BCUT2D eigenvalue weighted by Gasteiger charge is 2.33. The molecule has 0 spiro atoms. The van der Waals surface area contributed by atoms with E-state index in [4.69, 9.17) is 16.3 Å². The molecule has 31 heavy (non-hydrogen) atoms. The smallest absolute Gasteiger partial charge is 0.233 e. The van der Waals surface area contributed by atoms with Gasteiger partial charge in [-0.3, -0.25) is 9.59 Å². The fourth-order valence-corrected chi connectivity index (χ4v) is 5.53. The molecule has 170 valence electrons. The normalized spacial score (nSPS) is 22.8. The second-order valence-corrected chi connectivity index (χ2v) is 9.75. The van der Waals surface area contributed by atoms with E-state index >= 15 is 0 Å². The predicted molar refractivity (Wildman–Crippen MR) is 121 cm³/mol. The van der Waals surface area contributed by atoms with Crippen molar-refractivity contribution in [2.24, 2.45) is 5.92 Å². The molecule has 8 nitrogen and oxygen atoms in total. The van der Waals surface area contributed by atoms with E-state index in [-0.39, 0.29) is 23.6 Å². The molecule has 3 fully saturated rings. The molecule has 1 saturated carbocycles. The Labute approximate surface area is 192 Å². The highest BCUT2D eigenvalue weighted by atomic mass is 35.5. The summed E-state index contributed by atoms with van der Waals surface area (Å²) in [6.45, 7) is 6.64. The number of halogens is 1. The summed E-state index contributed by atoms with van der Waals surface area (Å²) >= 11 is 7.57. The fourth-order valence-electron chi connectivity index (χ4n) is 4.54. The number of thioether (sulfide) groups is 1. The number of amides is 2. The van der Waals surface area contributed by atoms with Crippen LogP contribution < -0.4 is 4.90 Å². The molecule has 1 unspecified atom stereocenters. The van der Waals surface area contributed by atoms with Crippen molar-refractivity contribution in [3.05, 3.63) is 11.2 Å². The molecule has 2 amide bonds. The van der Waals surface area contributed by atoms with E-state index in [1.165, 1.54) is 24.6 Å². The average molecular weight is 468 g/mol. The molecule has 1 aliphatic carbocycles. The predicted octanol–water partition coefficient (Wildman–Crippen LogP) is 2.31. The largest absolute Gasteiger partial charge is 0.378 e. The lowest BCUT2D eigenvalue weighted by atomic mass is 10.0. The van der Waals surface area contributed by atoms with Gasteiger partial charge in [-0.15, -0.1) is 0 Å². The number of ether oxygens (including phenoxy) is 1. The summed E-state index contributed by atoms with van der Waals surface area (Å²) in [6.07, 6.45) is 4.38. The number of anilines is 1. The van der Waals surface area contributed by atoms with Gasteiger partial charge in [-0.1, -0.05) is 36.2 Å². The van der Waals surface area contributed by atoms with E-state index in [2.05, 4.69) is 21.8 Å². The van der Waals surface area contributed by atoms with Crippen LogP contribution in [0, 0.1) is 5.92 Å². The second kappa shape index (κ2) is 10.4. The molecule has 10 heteroatoms. The second-order valence-electron chi connectivity index (χ2n) is 8.42. The van der Waals surface area contributed by atoms with Crippen LogP contribution >= 0.6 is 23.4 Å². The first-order valence-corrected chi connectivity index (χ1v) is 12.5. The quantitative estimate of drug-likeness (QED) is 0.373. The molecule has 3 heterocycles. The number of morpholine rings is 1. The SMILES string of the molecule is CC1CN(c2cc(Cl)nc(SCC(=O)N3CCOCC3)n2)CCN1C(=O)C1CCCC1. The first kappa shape index (κ1) is 22.6. The molecule has 2 saturated heterocycles. The Morgan fingerprint density at radius 1 is 1.16 bits per heavy atom. The van der Waals surface area contributed by atoms with E-state index in [0.29, 0.717) is 62.2 Å². The highest BCUT2D eigenvalue weighted by molar-refractivity contribution is 7.99. The summed E-state index contributed by atoms with van der Waals surface area (Å²) in [5.41, 5.74) is 0. The molecular formula is C21H30ClN5O3S. The van der Waals surface area contributed by atoms with Crippen LogP contribution in [-0.4, -0.2) is 89.3 Å². The molecule has 4 rings (SSSR count). The maximum atomic E-state index is 12.9. The molecule has 1 aromatic rings. The number of hydrogen-bond donors (Lipinski definition) is 0. The average Bonchev–Trinajstić information content (AvgIpc) is 3.32. The molecule has 0 bridgehead atoms. The standard InChI is InChI=1S/C21H30ClN5O3S/c1-15-13-26(6-7-27(15)20(29)16-4-2-3-5-16)18-12-17(22)23-21(24-18)31-14-19(28)25-8-10-30-11-9-25/h12,15-16H,2-11,13-14H2,1H3. The van der Waals surface area contributed by atoms with Crippen molar-refractivity contribution in [3.63, 3.8) is 0 Å². The minimum atomic E-state index is 0.0612. The van der Waals surface area contributed by atoms with Gasteiger partial charge in [-0.2, -0.15) is 0 Å². The first-order chi connectivity index (χ1) is 15.0. The van der Waals surface area contributed by atoms with E-state index in [1.807, 2.05) is 9.80 Å². The van der Waals surface area contributed by atoms with E-state index in [9.17, 15) is 9.59 Å². The number of rotatable bonds is 5. The van der Waals surface area contributed by atoms with Gasteiger partial charge in [0.2, 0.25) is 11.8 Å². The molecule has 1 atom stereocenters. The summed E-state index contributed by atoms with van der Waals surface area (Å²) in [6, 6.07) is 1.88. The van der Waals surface area contributed by atoms with Gasteiger partial charge < -0.3 is 19.4 Å². The molecule has 1 aromatic heterocycles. The van der Waals surface area contributed by atoms with Gasteiger partial charge >= 0.3 is 0 Å². The number of carbonyl (C=O) groups is 2. The zero-order chi connectivity index (χ0) is 21.8. The van der Waals surface area contributed by atoms with Crippen LogP contribution in [0.4, 0.5) is 5.82 Å². The maximum absolute atomic E-state index is 12.9. The lowest BCUT2D eigenvalue weighted by molar-refractivity contribution is -0.137. The van der Waals surface area contributed by atoms with Crippen molar-refractivity contribution in [1.29, 1.82) is 0 Å². The van der Waals surface area contributed by atoms with Crippen molar-refractivity contribution in [2.45, 2.75) is 43.8 Å². The summed E-state index contributed by atoms with van der Waals surface area (Å²) in [5.74, 6) is 1.60. The zero-order valence-electron chi connectivity index (χ0n) is 18.0. The Balaban J connectivity index is 1.35. The van der Waals surface area contributed by atoms with Gasteiger partial charge in [0.15, 0.2) is 5.16 Å². The van der Waals surface area contributed by atoms with Gasteiger partial charge in [-0.25, -0.2) is 9.97 Å². The fraction of sp³-hybridized carbons (Fsp3) is 0.714. The van der Waals surface area contributed by atoms with Crippen molar-refractivity contribution >= 4 is 41.0 Å². The molecule has 0 N–H and O–H groups in total. The highest BCUT2D eigenvalue weighted by Crippen LogP contribution is 2.29. The van der Waals surface area contributed by atoms with Crippen molar-refractivity contribution in [2.75, 3.05) is 56.6 Å². The number of aromatic nitrogens is 2. The van der Waals surface area contributed by atoms with Gasteiger partial charge in [0.1, 0.15) is 11.0 Å². The van der Waals surface area contributed by atoms with Crippen LogP contribution in [0.15, 0.2) is 11.2 Å².